The van der Waals surface area contributed by atoms with Gasteiger partial charge in [-0.1, -0.05) is 6.42 Å². The number of benzene rings is 1. The van der Waals surface area contributed by atoms with Crippen molar-refractivity contribution in [2.75, 3.05) is 7.11 Å². The molecule has 13 heavy (non-hydrogen) atoms. The Hall–Kier alpha value is -1.95. The Bertz CT molecular complexity index is 332. The SMILES string of the molecule is C#COC(=O)c1ccc(OC)cc1. The van der Waals surface area contributed by atoms with E-state index in [1.165, 1.54) is 0 Å². The van der Waals surface area contributed by atoms with Crippen molar-refractivity contribution in [2.24, 2.45) is 0 Å². The molecule has 0 amide bonds. The van der Waals surface area contributed by atoms with E-state index in [1.807, 2.05) is 6.11 Å². The number of carbonyl (C=O) groups is 1. The standard InChI is InChI=1S/C10H8O3/c1-3-13-10(11)8-4-6-9(12-2)7-5-8/h1,4-7H,2H3. The highest BCUT2D eigenvalue weighted by atomic mass is 16.5. The van der Waals surface area contributed by atoms with Crippen LogP contribution in [0.1, 0.15) is 10.4 Å². The maximum Gasteiger partial charge on any atom is 0.352 e. The second-order valence-electron chi connectivity index (χ2n) is 2.24. The molecule has 0 spiro atoms. The van der Waals surface area contributed by atoms with Crippen molar-refractivity contribution in [1.82, 2.24) is 0 Å². The molecular formula is C10H8O3. The summed E-state index contributed by atoms with van der Waals surface area (Å²) in [5.74, 6) is 0.141. The minimum Gasteiger partial charge on any atom is -0.497 e. The topological polar surface area (TPSA) is 35.5 Å². The zero-order valence-corrected chi connectivity index (χ0v) is 7.11. The van der Waals surface area contributed by atoms with E-state index >= 15 is 0 Å². The maximum atomic E-state index is 11.0. The Morgan fingerprint density at radius 2 is 2.00 bits per heavy atom. The van der Waals surface area contributed by atoms with Gasteiger partial charge >= 0.3 is 5.97 Å². The third-order valence-corrected chi connectivity index (χ3v) is 1.48. The van der Waals surface area contributed by atoms with Gasteiger partial charge in [0.15, 0.2) is 0 Å². The Labute approximate surface area is 76.3 Å². The smallest absolute Gasteiger partial charge is 0.352 e. The summed E-state index contributed by atoms with van der Waals surface area (Å²) in [5.41, 5.74) is 0.402. The van der Waals surface area contributed by atoms with Crippen LogP contribution >= 0.6 is 0 Å². The summed E-state index contributed by atoms with van der Waals surface area (Å²) in [7, 11) is 1.55. The Balaban J connectivity index is 2.81. The molecule has 66 valence electrons. The number of terminal acetylenes is 1. The van der Waals surface area contributed by atoms with Gasteiger partial charge in [0.2, 0.25) is 0 Å². The molecular weight excluding hydrogens is 168 g/mol. The Morgan fingerprint density at radius 1 is 1.38 bits per heavy atom. The van der Waals surface area contributed by atoms with Crippen LogP contribution in [-0.4, -0.2) is 13.1 Å². The monoisotopic (exact) mass is 176 g/mol. The molecule has 0 aliphatic heterocycles. The molecule has 1 aromatic rings. The van der Waals surface area contributed by atoms with Crippen LogP contribution < -0.4 is 4.74 Å². The van der Waals surface area contributed by atoms with Gasteiger partial charge in [-0.2, -0.15) is 0 Å². The number of hydrogen-bond donors (Lipinski definition) is 0. The zero-order valence-electron chi connectivity index (χ0n) is 7.11. The van der Waals surface area contributed by atoms with E-state index in [0.29, 0.717) is 11.3 Å². The average molecular weight is 176 g/mol. The van der Waals surface area contributed by atoms with Crippen molar-refractivity contribution in [2.45, 2.75) is 0 Å². The fourth-order valence-corrected chi connectivity index (χ4v) is 0.840. The molecule has 0 atom stereocenters. The van der Waals surface area contributed by atoms with E-state index in [-0.39, 0.29) is 0 Å². The molecule has 0 N–H and O–H groups in total. The van der Waals surface area contributed by atoms with Crippen LogP contribution in [0.25, 0.3) is 0 Å². The quantitative estimate of drug-likeness (QED) is 0.505. The molecule has 3 heteroatoms. The van der Waals surface area contributed by atoms with E-state index < -0.39 is 5.97 Å². The molecule has 0 radical (unpaired) electrons. The van der Waals surface area contributed by atoms with Gasteiger partial charge in [-0.05, 0) is 24.3 Å². The third-order valence-electron chi connectivity index (χ3n) is 1.48. The number of rotatable bonds is 2. The minimum absolute atomic E-state index is 0.402. The fourth-order valence-electron chi connectivity index (χ4n) is 0.840. The largest absolute Gasteiger partial charge is 0.497 e. The summed E-state index contributed by atoms with van der Waals surface area (Å²) in [6.45, 7) is 0. The predicted molar refractivity (Wildman–Crippen MR) is 47.2 cm³/mol. The molecule has 0 saturated carbocycles. The van der Waals surface area contributed by atoms with Gasteiger partial charge < -0.3 is 9.47 Å². The Morgan fingerprint density at radius 3 is 2.46 bits per heavy atom. The van der Waals surface area contributed by atoms with Gasteiger partial charge in [0.25, 0.3) is 0 Å². The van der Waals surface area contributed by atoms with Crippen molar-refractivity contribution < 1.29 is 14.3 Å². The number of ether oxygens (including phenoxy) is 2. The normalized spacial score (nSPS) is 8.62. The molecule has 1 aromatic carbocycles. The van der Waals surface area contributed by atoms with Crippen molar-refractivity contribution in [3.63, 3.8) is 0 Å². The summed E-state index contributed by atoms with van der Waals surface area (Å²) in [6.07, 6.45) is 6.62. The van der Waals surface area contributed by atoms with E-state index in [1.54, 1.807) is 31.4 Å². The molecule has 0 saturated heterocycles. The molecule has 1 rings (SSSR count). The van der Waals surface area contributed by atoms with Gasteiger partial charge in [0.05, 0.1) is 12.7 Å². The second-order valence-corrected chi connectivity index (χ2v) is 2.24. The number of esters is 1. The molecule has 3 nitrogen and oxygen atoms in total. The van der Waals surface area contributed by atoms with Gasteiger partial charge in [-0.15, -0.1) is 0 Å². The van der Waals surface area contributed by atoms with Crippen LogP contribution in [0.3, 0.4) is 0 Å². The molecule has 0 aliphatic rings. The number of carbonyl (C=O) groups excluding carboxylic acids is 1. The average Bonchev–Trinajstić information content (AvgIpc) is 2.18. The van der Waals surface area contributed by atoms with Crippen LogP contribution in [0.2, 0.25) is 0 Å². The van der Waals surface area contributed by atoms with Gasteiger partial charge in [0, 0.05) is 0 Å². The third kappa shape index (κ3) is 2.24. The lowest BCUT2D eigenvalue weighted by Gasteiger charge is -1.99. The van der Waals surface area contributed by atoms with Crippen LogP contribution in [-0.2, 0) is 4.74 Å². The highest BCUT2D eigenvalue weighted by Gasteiger charge is 2.04. The molecule has 0 aliphatic carbocycles. The van der Waals surface area contributed by atoms with Crippen LogP contribution in [0, 0.1) is 12.5 Å². The van der Waals surface area contributed by atoms with Gasteiger partial charge in [-0.3, -0.25) is 0 Å². The first-order chi connectivity index (χ1) is 6.27. The first-order valence-electron chi connectivity index (χ1n) is 3.58. The van der Waals surface area contributed by atoms with E-state index in [0.717, 1.165) is 0 Å². The van der Waals surface area contributed by atoms with Gasteiger partial charge in [0.1, 0.15) is 11.9 Å². The van der Waals surface area contributed by atoms with Crippen molar-refractivity contribution in [3.8, 4) is 18.3 Å². The lowest BCUT2D eigenvalue weighted by Crippen LogP contribution is -2.00. The molecule has 0 aromatic heterocycles. The molecule has 0 heterocycles. The van der Waals surface area contributed by atoms with E-state index in [4.69, 9.17) is 11.2 Å². The van der Waals surface area contributed by atoms with Crippen LogP contribution in [0.5, 0.6) is 5.75 Å². The first-order valence-corrected chi connectivity index (χ1v) is 3.58. The maximum absolute atomic E-state index is 11.0. The zero-order chi connectivity index (χ0) is 9.68. The molecule has 0 unspecified atom stereocenters. The minimum atomic E-state index is -0.537. The summed E-state index contributed by atoms with van der Waals surface area (Å²) in [6, 6.07) is 6.48. The summed E-state index contributed by atoms with van der Waals surface area (Å²) >= 11 is 0. The molecule has 0 fully saturated rings. The van der Waals surface area contributed by atoms with E-state index in [2.05, 4.69) is 4.74 Å². The van der Waals surface area contributed by atoms with Crippen LogP contribution in [0.15, 0.2) is 24.3 Å². The summed E-state index contributed by atoms with van der Waals surface area (Å²) < 4.78 is 9.27. The van der Waals surface area contributed by atoms with Gasteiger partial charge in [-0.25, -0.2) is 4.79 Å². The highest BCUT2D eigenvalue weighted by Crippen LogP contribution is 2.11. The van der Waals surface area contributed by atoms with Crippen molar-refractivity contribution in [3.05, 3.63) is 29.8 Å². The predicted octanol–water partition coefficient (Wildman–Crippen LogP) is 1.44. The lowest BCUT2D eigenvalue weighted by molar-refractivity contribution is 0.0691. The lowest BCUT2D eigenvalue weighted by atomic mass is 10.2. The van der Waals surface area contributed by atoms with Crippen molar-refractivity contribution >= 4 is 5.97 Å². The second kappa shape index (κ2) is 4.17. The highest BCUT2D eigenvalue weighted by molar-refractivity contribution is 5.90. The van der Waals surface area contributed by atoms with E-state index in [9.17, 15) is 4.79 Å². The first kappa shape index (κ1) is 9.14. The number of hydrogen-bond acceptors (Lipinski definition) is 3. The molecule has 0 bridgehead atoms. The van der Waals surface area contributed by atoms with Crippen LogP contribution in [0.4, 0.5) is 0 Å². The van der Waals surface area contributed by atoms with Crippen molar-refractivity contribution in [1.29, 1.82) is 0 Å². The summed E-state index contributed by atoms with van der Waals surface area (Å²) in [5, 5.41) is 0. The summed E-state index contributed by atoms with van der Waals surface area (Å²) in [4.78, 5) is 11.0. The fraction of sp³-hybridized carbons (Fsp3) is 0.100. The Kier molecular flexibility index (Phi) is 2.93. The number of methoxy groups -OCH3 is 1.